The zero-order valence-electron chi connectivity index (χ0n) is 6.02. The number of hydrogen-bond acceptors (Lipinski definition) is 0. The van der Waals surface area contributed by atoms with E-state index in [2.05, 4.69) is 20.4 Å². The molecule has 1 fully saturated rings. The molecule has 1 aliphatic carbocycles. The van der Waals surface area contributed by atoms with Crippen LogP contribution in [0.5, 0.6) is 0 Å². The lowest BCUT2D eigenvalue weighted by Gasteiger charge is -2.05. The van der Waals surface area contributed by atoms with E-state index >= 15 is 0 Å². The average molecular weight is 128 g/mol. The lowest BCUT2D eigenvalue weighted by molar-refractivity contribution is 0.451. The van der Waals surface area contributed by atoms with Crippen molar-refractivity contribution in [2.75, 3.05) is 0 Å². The summed E-state index contributed by atoms with van der Waals surface area (Å²) in [4.78, 5) is 0. The van der Waals surface area contributed by atoms with Crippen LogP contribution < -0.4 is 0 Å². The van der Waals surface area contributed by atoms with Gasteiger partial charge < -0.3 is 0 Å². The summed E-state index contributed by atoms with van der Waals surface area (Å²) in [5, 5.41) is 0. The van der Waals surface area contributed by atoms with E-state index in [0.717, 1.165) is 12.0 Å². The van der Waals surface area contributed by atoms with Crippen molar-refractivity contribution in [2.45, 2.75) is 26.4 Å². The SMILES string of the molecule is C=C(C(C)C)C1CC1F. The quantitative estimate of drug-likeness (QED) is 0.501. The fourth-order valence-corrected chi connectivity index (χ4v) is 0.976. The van der Waals surface area contributed by atoms with Crippen molar-refractivity contribution in [2.24, 2.45) is 11.8 Å². The highest BCUT2D eigenvalue weighted by Gasteiger charge is 2.39. The molecule has 0 aromatic rings. The molecule has 1 rings (SSSR count). The van der Waals surface area contributed by atoms with E-state index in [-0.39, 0.29) is 5.92 Å². The van der Waals surface area contributed by atoms with Crippen LogP contribution in [0.4, 0.5) is 4.39 Å². The summed E-state index contributed by atoms with van der Waals surface area (Å²) in [6.07, 6.45) is 0.150. The molecule has 0 aromatic heterocycles. The maximum absolute atomic E-state index is 12.3. The van der Waals surface area contributed by atoms with Crippen molar-refractivity contribution < 1.29 is 4.39 Å². The van der Waals surface area contributed by atoms with Gasteiger partial charge in [0.05, 0.1) is 0 Å². The molecule has 0 radical (unpaired) electrons. The summed E-state index contributed by atoms with van der Waals surface area (Å²) < 4.78 is 12.3. The first-order valence-electron chi connectivity index (χ1n) is 3.45. The molecule has 0 bridgehead atoms. The first kappa shape index (κ1) is 6.79. The van der Waals surface area contributed by atoms with Crippen molar-refractivity contribution in [1.29, 1.82) is 0 Å². The summed E-state index contributed by atoms with van der Waals surface area (Å²) in [7, 11) is 0. The van der Waals surface area contributed by atoms with Gasteiger partial charge in [0.2, 0.25) is 0 Å². The largest absolute Gasteiger partial charge is 0.247 e. The molecule has 1 saturated carbocycles. The monoisotopic (exact) mass is 128 g/mol. The highest BCUT2D eigenvalue weighted by Crippen LogP contribution is 2.41. The maximum atomic E-state index is 12.3. The Morgan fingerprint density at radius 2 is 2.11 bits per heavy atom. The average Bonchev–Trinajstić information content (AvgIpc) is 2.44. The number of alkyl halides is 1. The van der Waals surface area contributed by atoms with Gasteiger partial charge in [0.1, 0.15) is 6.17 Å². The summed E-state index contributed by atoms with van der Waals surface area (Å²) in [5.41, 5.74) is 1.09. The van der Waals surface area contributed by atoms with Crippen LogP contribution in [0.1, 0.15) is 20.3 Å². The molecular formula is C8H13F. The van der Waals surface area contributed by atoms with Crippen LogP contribution in [0.3, 0.4) is 0 Å². The van der Waals surface area contributed by atoms with E-state index < -0.39 is 6.17 Å². The Kier molecular flexibility index (Phi) is 1.60. The van der Waals surface area contributed by atoms with E-state index in [1.807, 2.05) is 0 Å². The Morgan fingerprint density at radius 1 is 1.67 bits per heavy atom. The van der Waals surface area contributed by atoms with E-state index in [4.69, 9.17) is 0 Å². The molecule has 0 N–H and O–H groups in total. The fourth-order valence-electron chi connectivity index (χ4n) is 0.976. The van der Waals surface area contributed by atoms with Crippen LogP contribution in [0, 0.1) is 11.8 Å². The highest BCUT2D eigenvalue weighted by atomic mass is 19.1. The number of allylic oxidation sites excluding steroid dienone is 1. The number of rotatable bonds is 2. The van der Waals surface area contributed by atoms with Gasteiger partial charge in [-0.25, -0.2) is 4.39 Å². The second kappa shape index (κ2) is 2.13. The normalized spacial score (nSPS) is 32.9. The van der Waals surface area contributed by atoms with Gasteiger partial charge in [0.15, 0.2) is 0 Å². The van der Waals surface area contributed by atoms with Gasteiger partial charge in [-0.1, -0.05) is 26.0 Å². The fraction of sp³-hybridized carbons (Fsp3) is 0.750. The van der Waals surface area contributed by atoms with Crippen molar-refractivity contribution in [3.05, 3.63) is 12.2 Å². The zero-order valence-corrected chi connectivity index (χ0v) is 6.02. The Bertz CT molecular complexity index is 127. The van der Waals surface area contributed by atoms with Crippen molar-refractivity contribution in [3.8, 4) is 0 Å². The summed E-state index contributed by atoms with van der Waals surface area (Å²) >= 11 is 0. The predicted molar refractivity (Wildman–Crippen MR) is 37.0 cm³/mol. The molecule has 0 amide bonds. The first-order chi connectivity index (χ1) is 4.13. The van der Waals surface area contributed by atoms with E-state index in [1.165, 1.54) is 0 Å². The van der Waals surface area contributed by atoms with Gasteiger partial charge >= 0.3 is 0 Å². The predicted octanol–water partition coefficient (Wildman–Crippen LogP) is 2.56. The number of halogens is 1. The standard InChI is InChI=1S/C8H13F/c1-5(2)6(3)7-4-8(7)9/h5,7-8H,3-4H2,1-2H3. The molecule has 1 aliphatic rings. The van der Waals surface area contributed by atoms with Crippen LogP contribution in [0.15, 0.2) is 12.2 Å². The minimum Gasteiger partial charge on any atom is -0.247 e. The molecule has 0 nitrogen and oxygen atoms in total. The van der Waals surface area contributed by atoms with Gasteiger partial charge in [-0.3, -0.25) is 0 Å². The van der Waals surface area contributed by atoms with Crippen molar-refractivity contribution in [3.63, 3.8) is 0 Å². The molecule has 1 heteroatoms. The van der Waals surface area contributed by atoms with Crippen molar-refractivity contribution in [1.82, 2.24) is 0 Å². The Morgan fingerprint density at radius 3 is 2.22 bits per heavy atom. The zero-order chi connectivity index (χ0) is 7.02. The molecule has 0 aromatic carbocycles. The van der Waals surface area contributed by atoms with Crippen LogP contribution >= 0.6 is 0 Å². The second-order valence-electron chi connectivity index (χ2n) is 3.09. The Balaban J connectivity index is 2.36. The molecular weight excluding hydrogens is 115 g/mol. The molecule has 0 spiro atoms. The van der Waals surface area contributed by atoms with Crippen LogP contribution in [-0.2, 0) is 0 Å². The second-order valence-corrected chi connectivity index (χ2v) is 3.09. The van der Waals surface area contributed by atoms with Crippen molar-refractivity contribution >= 4 is 0 Å². The lowest BCUT2D eigenvalue weighted by Crippen LogP contribution is -1.95. The van der Waals surface area contributed by atoms with Gasteiger partial charge in [0.25, 0.3) is 0 Å². The third-order valence-electron chi connectivity index (χ3n) is 1.93. The third-order valence-corrected chi connectivity index (χ3v) is 1.93. The van der Waals surface area contributed by atoms with Gasteiger partial charge in [-0.15, -0.1) is 0 Å². The first-order valence-corrected chi connectivity index (χ1v) is 3.45. The molecule has 52 valence electrons. The van der Waals surface area contributed by atoms with Gasteiger partial charge in [0, 0.05) is 5.92 Å². The topological polar surface area (TPSA) is 0 Å². The summed E-state index contributed by atoms with van der Waals surface area (Å²) in [6.45, 7) is 7.95. The van der Waals surface area contributed by atoms with Crippen LogP contribution in [-0.4, -0.2) is 6.17 Å². The number of hydrogen-bond donors (Lipinski definition) is 0. The minimum atomic E-state index is -0.570. The Hall–Kier alpha value is -0.330. The summed E-state index contributed by atoms with van der Waals surface area (Å²) in [5.74, 6) is 0.653. The van der Waals surface area contributed by atoms with Gasteiger partial charge in [-0.2, -0.15) is 0 Å². The smallest absolute Gasteiger partial charge is 0.107 e. The molecule has 0 aliphatic heterocycles. The van der Waals surface area contributed by atoms with E-state index in [1.54, 1.807) is 0 Å². The molecule has 2 unspecified atom stereocenters. The van der Waals surface area contributed by atoms with Crippen LogP contribution in [0.2, 0.25) is 0 Å². The van der Waals surface area contributed by atoms with Gasteiger partial charge in [-0.05, 0) is 12.3 Å². The molecule has 2 atom stereocenters. The Labute approximate surface area is 55.8 Å². The lowest BCUT2D eigenvalue weighted by atomic mass is 10.0. The molecule has 9 heavy (non-hydrogen) atoms. The minimum absolute atomic E-state index is 0.199. The molecule has 0 heterocycles. The maximum Gasteiger partial charge on any atom is 0.107 e. The molecule has 0 saturated heterocycles. The van der Waals surface area contributed by atoms with E-state index in [0.29, 0.717) is 5.92 Å². The summed E-state index contributed by atoms with van der Waals surface area (Å²) in [6, 6.07) is 0. The highest BCUT2D eigenvalue weighted by molar-refractivity contribution is 5.14. The third kappa shape index (κ3) is 1.32. The van der Waals surface area contributed by atoms with Crippen LogP contribution in [0.25, 0.3) is 0 Å². The van der Waals surface area contributed by atoms with E-state index in [9.17, 15) is 4.39 Å².